The summed E-state index contributed by atoms with van der Waals surface area (Å²) >= 11 is -1.85. The molecule has 0 saturated carbocycles. The average Bonchev–Trinajstić information content (AvgIpc) is 2.69. The molecular weight excluding hydrogens is 377 g/mol. The molecule has 1 rings (SSSR count). The Hall–Kier alpha value is 0.230. The Morgan fingerprint density at radius 1 is 1.12 bits per heavy atom. The molecule has 0 aromatic rings. The predicted octanol–water partition coefficient (Wildman–Crippen LogP) is 2.07. The van der Waals surface area contributed by atoms with Crippen molar-refractivity contribution in [2.24, 2.45) is 0 Å². The maximum atomic E-state index is 2.62. The second kappa shape index (κ2) is 7.62. The molecule has 1 aliphatic rings. The van der Waals surface area contributed by atoms with Gasteiger partial charge in [-0.1, -0.05) is 0 Å². The number of hydrogen-bond donors (Lipinski definition) is 0. The molecule has 3 nitrogen and oxygen atoms in total. The Morgan fingerprint density at radius 3 is 2.24 bits per heavy atom. The molecule has 17 heavy (non-hydrogen) atoms. The van der Waals surface area contributed by atoms with E-state index in [1.165, 1.54) is 25.8 Å². The topological polar surface area (TPSA) is 9.72 Å². The molecule has 0 saturated heterocycles. The van der Waals surface area contributed by atoms with Gasteiger partial charge in [-0.3, -0.25) is 0 Å². The average molecular weight is 403 g/mol. The first-order valence-corrected chi connectivity index (χ1v) is 11.1. The summed E-state index contributed by atoms with van der Waals surface area (Å²) in [4.78, 5) is 0. The van der Waals surface area contributed by atoms with E-state index in [1.807, 2.05) is 0 Å². The van der Waals surface area contributed by atoms with Gasteiger partial charge in [-0.2, -0.15) is 0 Å². The Morgan fingerprint density at radius 2 is 1.76 bits per heavy atom. The van der Waals surface area contributed by atoms with Gasteiger partial charge < -0.3 is 0 Å². The van der Waals surface area contributed by atoms with Crippen LogP contribution >= 0.6 is 0 Å². The Labute approximate surface area is 115 Å². The van der Waals surface area contributed by atoms with E-state index < -0.39 is 22.3 Å². The summed E-state index contributed by atoms with van der Waals surface area (Å²) in [6.07, 6.45) is 10.4. The van der Waals surface area contributed by atoms with Gasteiger partial charge in [0.1, 0.15) is 0 Å². The van der Waals surface area contributed by atoms with Gasteiger partial charge in [0.2, 0.25) is 0 Å². The van der Waals surface area contributed by atoms with Crippen molar-refractivity contribution in [1.82, 2.24) is 8.66 Å². The second-order valence-electron chi connectivity index (χ2n) is 5.07. The molecule has 0 aromatic carbocycles. The zero-order chi connectivity index (χ0) is 12.8. The third-order valence-corrected chi connectivity index (χ3v) is 12.0. The Bertz CT molecular complexity index is 276. The second-order valence-corrected chi connectivity index (χ2v) is 16.4. The van der Waals surface area contributed by atoms with Gasteiger partial charge in [-0.15, -0.1) is 0 Å². The van der Waals surface area contributed by atoms with Crippen LogP contribution in [-0.4, -0.2) is 50.4 Å². The minimum absolute atomic E-state index is 1.18. The molecule has 1 aliphatic carbocycles. The molecule has 0 radical (unpaired) electrons. The third kappa shape index (κ3) is 5.16. The predicted molar refractivity (Wildman–Crippen MR) is 71.1 cm³/mol. The van der Waals surface area contributed by atoms with Crippen molar-refractivity contribution in [3.05, 3.63) is 23.8 Å². The molecule has 97 valence electrons. The first kappa shape index (κ1) is 15.3. The molecule has 4 heteroatoms. The van der Waals surface area contributed by atoms with Gasteiger partial charge >= 0.3 is 116 Å². The number of hydrogen-bond acceptors (Lipinski definition) is 3. The first-order chi connectivity index (χ1) is 8.02. The molecule has 0 heterocycles. The number of allylic oxidation sites excluding steroid dienone is 4. The molecule has 0 bridgehead atoms. The zero-order valence-electron chi connectivity index (χ0n) is 11.9. The van der Waals surface area contributed by atoms with Crippen molar-refractivity contribution in [1.29, 1.82) is 0 Å². The van der Waals surface area contributed by atoms with E-state index in [0.29, 0.717) is 0 Å². The van der Waals surface area contributed by atoms with Crippen LogP contribution in [0.3, 0.4) is 0 Å². The number of nitrogens with zero attached hydrogens (tertiary/aromatic N) is 3. The van der Waals surface area contributed by atoms with Crippen LogP contribution in [-0.2, 0) is 22.3 Å². The summed E-state index contributed by atoms with van der Waals surface area (Å²) in [5.74, 6) is 0. The van der Waals surface area contributed by atoms with Crippen LogP contribution in [0, 0.1) is 0 Å². The number of rotatable bonds is 7. The maximum absolute atomic E-state index is 2.62. The fraction of sp³-hybridized carbons (Fsp3) is 0.692. The Balaban J connectivity index is 2.29. The monoisotopic (exact) mass is 404 g/mol. The van der Waals surface area contributed by atoms with Crippen molar-refractivity contribution in [2.45, 2.75) is 19.3 Å². The van der Waals surface area contributed by atoms with E-state index in [1.54, 1.807) is 5.57 Å². The van der Waals surface area contributed by atoms with Crippen LogP contribution in [0.5, 0.6) is 0 Å². The molecule has 0 N–H and O–H groups in total. The van der Waals surface area contributed by atoms with E-state index in [2.05, 4.69) is 62.1 Å². The molecule has 0 atom stereocenters. The molecule has 0 spiro atoms. The summed E-state index contributed by atoms with van der Waals surface area (Å²) in [6, 6.07) is 0. The van der Waals surface area contributed by atoms with Crippen LogP contribution in [0.15, 0.2) is 23.8 Å². The summed E-state index contributed by atoms with van der Waals surface area (Å²) in [6.45, 7) is 1.23. The van der Waals surface area contributed by atoms with E-state index in [0.717, 1.165) is 0 Å². The SMILES string of the molecule is C[N](C)[Hf]([N](C)C)[N](C)CCCC1=CC=CC1. The van der Waals surface area contributed by atoms with Crippen LogP contribution < -0.4 is 0 Å². The van der Waals surface area contributed by atoms with Crippen molar-refractivity contribution in [3.8, 4) is 0 Å². The van der Waals surface area contributed by atoms with E-state index in [-0.39, 0.29) is 0 Å². The van der Waals surface area contributed by atoms with Crippen LogP contribution in [0.2, 0.25) is 0 Å². The van der Waals surface area contributed by atoms with Gasteiger partial charge in [0, 0.05) is 0 Å². The molecule has 0 unspecified atom stereocenters. The first-order valence-electron chi connectivity index (χ1n) is 6.29. The van der Waals surface area contributed by atoms with Crippen LogP contribution in [0.4, 0.5) is 0 Å². The summed E-state index contributed by atoms with van der Waals surface area (Å²) in [7, 11) is 11.2. The van der Waals surface area contributed by atoms with Crippen molar-refractivity contribution < 1.29 is 22.3 Å². The van der Waals surface area contributed by atoms with Gasteiger partial charge in [0.25, 0.3) is 0 Å². The normalized spacial score (nSPS) is 15.2. The third-order valence-electron chi connectivity index (χ3n) is 2.98. The fourth-order valence-electron chi connectivity index (χ4n) is 2.40. The standard InChI is InChI=1S/C9H14N.2C2H6N.Hf/c1-10-8-4-7-9-5-2-3-6-9;2*1-3-2;/h2-3,5H,4,6-8H2,1H3;2*1-2H3;/q3*-1;+3. The summed E-state index contributed by atoms with van der Waals surface area (Å²) < 4.78 is 7.54. The van der Waals surface area contributed by atoms with Crippen molar-refractivity contribution in [3.63, 3.8) is 0 Å². The van der Waals surface area contributed by atoms with Gasteiger partial charge in [-0.05, 0) is 0 Å². The quantitative estimate of drug-likeness (QED) is 0.604. The molecule has 0 aromatic heterocycles. The molecule has 0 aliphatic heterocycles. The molecule has 0 amide bonds. The van der Waals surface area contributed by atoms with E-state index in [4.69, 9.17) is 0 Å². The van der Waals surface area contributed by atoms with Gasteiger partial charge in [-0.25, -0.2) is 0 Å². The van der Waals surface area contributed by atoms with Crippen molar-refractivity contribution >= 4 is 0 Å². The van der Waals surface area contributed by atoms with Gasteiger partial charge in [0.05, 0.1) is 0 Å². The zero-order valence-corrected chi connectivity index (χ0v) is 15.5. The minimum atomic E-state index is -1.85. The van der Waals surface area contributed by atoms with Crippen LogP contribution in [0.1, 0.15) is 19.3 Å². The van der Waals surface area contributed by atoms with Crippen LogP contribution in [0.25, 0.3) is 0 Å². The van der Waals surface area contributed by atoms with Crippen molar-refractivity contribution in [2.75, 3.05) is 41.8 Å². The van der Waals surface area contributed by atoms with E-state index >= 15 is 0 Å². The summed E-state index contributed by atoms with van der Waals surface area (Å²) in [5, 5.41) is 0. The molecular formula is C13H26HfN3. The molecule has 0 fully saturated rings. The van der Waals surface area contributed by atoms with Gasteiger partial charge in [0.15, 0.2) is 0 Å². The van der Waals surface area contributed by atoms with E-state index in [9.17, 15) is 0 Å². The Kier molecular flexibility index (Phi) is 6.85. The fourth-order valence-corrected chi connectivity index (χ4v) is 11.5. The summed E-state index contributed by atoms with van der Waals surface area (Å²) in [5.41, 5.74) is 1.60.